The highest BCUT2D eigenvalue weighted by Gasteiger charge is 2.38. The minimum Gasteiger partial charge on any atom is -0.497 e. The van der Waals surface area contributed by atoms with Crippen LogP contribution in [0.3, 0.4) is 0 Å². The van der Waals surface area contributed by atoms with E-state index in [0.717, 1.165) is 22.0 Å². The summed E-state index contributed by atoms with van der Waals surface area (Å²) in [4.78, 5) is 13.1. The van der Waals surface area contributed by atoms with Gasteiger partial charge in [-0.25, -0.2) is 8.42 Å². The van der Waals surface area contributed by atoms with Crippen molar-refractivity contribution in [3.8, 4) is 11.5 Å². The predicted octanol–water partition coefficient (Wildman–Crippen LogP) is 5.28. The van der Waals surface area contributed by atoms with E-state index < -0.39 is 33.8 Å². The van der Waals surface area contributed by atoms with Gasteiger partial charge in [-0.1, -0.05) is 39.0 Å². The van der Waals surface area contributed by atoms with Crippen LogP contribution in [-0.2, 0) is 33.0 Å². The van der Waals surface area contributed by atoms with Crippen LogP contribution < -0.4 is 19.1 Å². The SMILES string of the molecule is COc1ccc(S(=O)(=O)N2CC(C(=O)NCc3cccc(C(F)(F)F)c3)Oc3ccc(C(C)(C)C)cc32)cc1. The van der Waals surface area contributed by atoms with Crippen molar-refractivity contribution >= 4 is 21.6 Å². The molecule has 0 saturated heterocycles. The van der Waals surface area contributed by atoms with Crippen LogP contribution >= 0.6 is 0 Å². The number of alkyl halides is 3. The highest BCUT2D eigenvalue weighted by molar-refractivity contribution is 7.92. The molecule has 1 unspecified atom stereocenters. The summed E-state index contributed by atoms with van der Waals surface area (Å²) < 4.78 is 78.9. The van der Waals surface area contributed by atoms with Crippen LogP contribution in [0.1, 0.15) is 37.5 Å². The van der Waals surface area contributed by atoms with Crippen LogP contribution in [0.4, 0.5) is 18.9 Å². The maximum Gasteiger partial charge on any atom is 0.416 e. The molecule has 3 aromatic rings. The molecule has 1 aliphatic heterocycles. The van der Waals surface area contributed by atoms with Gasteiger partial charge in [-0.3, -0.25) is 9.10 Å². The van der Waals surface area contributed by atoms with Crippen LogP contribution in [0.5, 0.6) is 11.5 Å². The first kappa shape index (κ1) is 28.3. The number of carbonyl (C=O) groups excluding carboxylic acids is 1. The molecule has 0 radical (unpaired) electrons. The van der Waals surface area contributed by atoms with E-state index >= 15 is 0 Å². The fourth-order valence-corrected chi connectivity index (χ4v) is 5.59. The van der Waals surface area contributed by atoms with Gasteiger partial charge in [-0.15, -0.1) is 0 Å². The molecule has 7 nitrogen and oxygen atoms in total. The lowest BCUT2D eigenvalue weighted by Gasteiger charge is -2.36. The standard InChI is InChI=1S/C28H29F3N2O5S/c1-27(2,3)19-8-13-24-23(15-19)33(39(35,36)22-11-9-21(37-4)10-12-22)17-25(38-24)26(34)32-16-18-6-5-7-20(14-18)28(29,30)31/h5-15,25H,16-17H2,1-4H3,(H,32,34). The van der Waals surface area contributed by atoms with Gasteiger partial charge in [0.15, 0.2) is 6.10 Å². The van der Waals surface area contributed by atoms with Crippen molar-refractivity contribution < 1.29 is 35.9 Å². The van der Waals surface area contributed by atoms with Gasteiger partial charge >= 0.3 is 6.18 Å². The van der Waals surface area contributed by atoms with Crippen molar-refractivity contribution in [2.75, 3.05) is 18.0 Å². The Morgan fingerprint density at radius 2 is 1.72 bits per heavy atom. The molecule has 0 spiro atoms. The number of carbonyl (C=O) groups is 1. The summed E-state index contributed by atoms with van der Waals surface area (Å²) in [6.45, 7) is 5.45. The molecule has 39 heavy (non-hydrogen) atoms. The van der Waals surface area contributed by atoms with Crippen molar-refractivity contribution in [2.24, 2.45) is 0 Å². The number of nitrogens with one attached hydrogen (secondary N) is 1. The zero-order chi connectivity index (χ0) is 28.6. The highest BCUT2D eigenvalue weighted by atomic mass is 32.2. The topological polar surface area (TPSA) is 84.9 Å². The van der Waals surface area contributed by atoms with Gasteiger partial charge in [0, 0.05) is 6.54 Å². The summed E-state index contributed by atoms with van der Waals surface area (Å²) in [6.07, 6.45) is -5.75. The van der Waals surface area contributed by atoms with E-state index in [2.05, 4.69) is 5.32 Å². The Labute approximate surface area is 225 Å². The molecule has 1 atom stereocenters. The third kappa shape index (κ3) is 6.13. The number of methoxy groups -OCH3 is 1. The van der Waals surface area contributed by atoms with E-state index in [1.54, 1.807) is 18.2 Å². The number of benzene rings is 3. The van der Waals surface area contributed by atoms with E-state index in [9.17, 15) is 26.4 Å². The minimum atomic E-state index is -4.52. The van der Waals surface area contributed by atoms with Gasteiger partial charge < -0.3 is 14.8 Å². The van der Waals surface area contributed by atoms with Crippen molar-refractivity contribution in [1.29, 1.82) is 0 Å². The first-order chi connectivity index (χ1) is 18.2. The summed E-state index contributed by atoms with van der Waals surface area (Å²) in [5, 5.41) is 2.57. The Morgan fingerprint density at radius 1 is 1.03 bits per heavy atom. The third-order valence-electron chi connectivity index (χ3n) is 6.36. The fraction of sp³-hybridized carbons (Fsp3) is 0.321. The van der Waals surface area contributed by atoms with Gasteiger partial charge in [-0.2, -0.15) is 13.2 Å². The van der Waals surface area contributed by atoms with E-state index in [1.807, 2.05) is 20.8 Å². The van der Waals surface area contributed by atoms with Crippen LogP contribution in [0, 0.1) is 0 Å². The average Bonchev–Trinajstić information content (AvgIpc) is 2.90. The quantitative estimate of drug-likeness (QED) is 0.442. The molecule has 0 bridgehead atoms. The third-order valence-corrected chi connectivity index (χ3v) is 8.15. The number of ether oxygens (including phenoxy) is 2. The fourth-order valence-electron chi connectivity index (χ4n) is 4.12. The Hall–Kier alpha value is -3.73. The zero-order valence-electron chi connectivity index (χ0n) is 21.9. The summed E-state index contributed by atoms with van der Waals surface area (Å²) in [5.41, 5.74) is 0.284. The molecule has 1 amide bonds. The highest BCUT2D eigenvalue weighted by Crippen LogP contribution is 2.40. The molecule has 0 fully saturated rings. The van der Waals surface area contributed by atoms with Crippen LogP contribution in [0.15, 0.2) is 71.6 Å². The van der Waals surface area contributed by atoms with Crippen LogP contribution in [-0.4, -0.2) is 34.1 Å². The molecule has 1 aliphatic rings. The lowest BCUT2D eigenvalue weighted by molar-refractivity contribution is -0.137. The number of amides is 1. The first-order valence-electron chi connectivity index (χ1n) is 12.1. The summed E-state index contributed by atoms with van der Waals surface area (Å²) in [5.74, 6) is 0.0247. The lowest BCUT2D eigenvalue weighted by atomic mass is 9.86. The Balaban J connectivity index is 1.64. The maximum absolute atomic E-state index is 13.8. The molecule has 0 saturated carbocycles. The zero-order valence-corrected chi connectivity index (χ0v) is 22.7. The largest absolute Gasteiger partial charge is 0.497 e. The molecule has 4 rings (SSSR count). The summed E-state index contributed by atoms with van der Waals surface area (Å²) in [6, 6.07) is 15.7. The Morgan fingerprint density at radius 3 is 2.33 bits per heavy atom. The smallest absolute Gasteiger partial charge is 0.416 e. The molecular formula is C28H29F3N2O5S. The van der Waals surface area contributed by atoms with Crippen LogP contribution in [0.25, 0.3) is 0 Å². The molecular weight excluding hydrogens is 533 g/mol. The minimum absolute atomic E-state index is 0.000403. The molecule has 0 aliphatic carbocycles. The summed E-state index contributed by atoms with van der Waals surface area (Å²) >= 11 is 0. The molecule has 1 heterocycles. The first-order valence-corrected chi connectivity index (χ1v) is 13.6. The number of sulfonamides is 1. The second-order valence-electron chi connectivity index (χ2n) is 10.2. The van der Waals surface area contributed by atoms with E-state index in [1.165, 1.54) is 43.5 Å². The van der Waals surface area contributed by atoms with Gasteiger partial charge in [0.05, 0.1) is 29.8 Å². The number of hydrogen-bond donors (Lipinski definition) is 1. The van der Waals surface area contributed by atoms with Gasteiger partial charge in [0.2, 0.25) is 0 Å². The average molecular weight is 563 g/mol. The lowest BCUT2D eigenvalue weighted by Crippen LogP contribution is -2.50. The molecule has 0 aromatic heterocycles. The van der Waals surface area contributed by atoms with Gasteiger partial charge in [0.25, 0.3) is 15.9 Å². The van der Waals surface area contributed by atoms with Crippen LogP contribution in [0.2, 0.25) is 0 Å². The second kappa shape index (κ2) is 10.4. The number of nitrogens with zero attached hydrogens (tertiary/aromatic N) is 1. The van der Waals surface area contributed by atoms with E-state index in [0.29, 0.717) is 11.4 Å². The van der Waals surface area contributed by atoms with Crippen molar-refractivity contribution in [3.63, 3.8) is 0 Å². The number of anilines is 1. The second-order valence-corrected chi connectivity index (χ2v) is 12.0. The number of rotatable bonds is 6. The van der Waals surface area contributed by atoms with Crippen molar-refractivity contribution in [2.45, 2.75) is 49.9 Å². The number of halogens is 3. The monoisotopic (exact) mass is 562 g/mol. The number of hydrogen-bond acceptors (Lipinski definition) is 5. The van der Waals surface area contributed by atoms with Crippen molar-refractivity contribution in [3.05, 3.63) is 83.4 Å². The Bertz CT molecular complexity index is 1470. The van der Waals surface area contributed by atoms with E-state index in [-0.39, 0.29) is 34.7 Å². The van der Waals surface area contributed by atoms with E-state index in [4.69, 9.17) is 9.47 Å². The Kier molecular flexibility index (Phi) is 7.57. The molecule has 3 aromatic carbocycles. The maximum atomic E-state index is 13.8. The predicted molar refractivity (Wildman–Crippen MR) is 140 cm³/mol. The van der Waals surface area contributed by atoms with Gasteiger partial charge in [0.1, 0.15) is 11.5 Å². The molecule has 1 N–H and O–H groups in total. The van der Waals surface area contributed by atoms with Gasteiger partial charge in [-0.05, 0) is 65.1 Å². The molecule has 11 heteroatoms. The molecule has 208 valence electrons. The van der Waals surface area contributed by atoms with Crippen molar-refractivity contribution in [1.82, 2.24) is 5.32 Å². The normalized spacial score (nSPS) is 15.8. The number of fused-ring (bicyclic) bond motifs is 1. The summed E-state index contributed by atoms with van der Waals surface area (Å²) in [7, 11) is -2.65.